The Bertz CT molecular complexity index is 957. The minimum absolute atomic E-state index is 0.00977. The molecule has 1 unspecified atom stereocenters. The van der Waals surface area contributed by atoms with E-state index in [9.17, 15) is 9.90 Å². The molecule has 126 valence electrons. The number of nitrogens with zero attached hydrogens (tertiary/aromatic N) is 3. The Morgan fingerprint density at radius 2 is 1.84 bits per heavy atom. The van der Waals surface area contributed by atoms with Crippen LogP contribution in [0.15, 0.2) is 70.5 Å². The fourth-order valence-electron chi connectivity index (χ4n) is 2.58. The SMILES string of the molecule is O=c1c(C([O-])=Nc2ccccc2)[n+](CC2CO2)[nH]n1-c1ccccc1. The molecule has 2 heterocycles. The van der Waals surface area contributed by atoms with Gasteiger partial charge in [0.25, 0.3) is 0 Å². The Morgan fingerprint density at radius 1 is 1.20 bits per heavy atom. The van der Waals surface area contributed by atoms with Crippen molar-refractivity contribution in [1.82, 2.24) is 9.90 Å². The molecule has 1 saturated heterocycles. The van der Waals surface area contributed by atoms with Gasteiger partial charge < -0.3 is 9.84 Å². The van der Waals surface area contributed by atoms with E-state index in [0.717, 1.165) is 0 Å². The summed E-state index contributed by atoms with van der Waals surface area (Å²) in [4.78, 5) is 16.9. The maximum absolute atomic E-state index is 12.8. The number of ether oxygens (including phenoxy) is 1. The van der Waals surface area contributed by atoms with Gasteiger partial charge in [-0.15, -0.1) is 0 Å². The number of epoxide rings is 1. The maximum Gasteiger partial charge on any atom is 0.406 e. The predicted molar refractivity (Wildman–Crippen MR) is 89.0 cm³/mol. The molecule has 1 aromatic heterocycles. The largest absolute Gasteiger partial charge is 0.855 e. The van der Waals surface area contributed by atoms with E-state index >= 15 is 0 Å². The normalized spacial score (nSPS) is 16.8. The van der Waals surface area contributed by atoms with Crippen LogP contribution in [0.3, 0.4) is 0 Å². The van der Waals surface area contributed by atoms with Gasteiger partial charge in [-0.05, 0) is 24.3 Å². The van der Waals surface area contributed by atoms with E-state index in [1.54, 1.807) is 36.4 Å². The Hall–Kier alpha value is -3.19. The number of aliphatic imine (C=N–C) groups is 1. The van der Waals surface area contributed by atoms with E-state index in [4.69, 9.17) is 4.74 Å². The van der Waals surface area contributed by atoms with Crippen LogP contribution in [0.4, 0.5) is 5.69 Å². The van der Waals surface area contributed by atoms with Crippen LogP contribution in [-0.2, 0) is 11.3 Å². The zero-order valence-electron chi connectivity index (χ0n) is 13.3. The molecule has 7 nitrogen and oxygen atoms in total. The van der Waals surface area contributed by atoms with Crippen molar-refractivity contribution in [2.24, 2.45) is 4.99 Å². The summed E-state index contributed by atoms with van der Waals surface area (Å²) in [7, 11) is 0. The average Bonchev–Trinajstić information content (AvgIpc) is 3.38. The Morgan fingerprint density at radius 3 is 2.48 bits per heavy atom. The van der Waals surface area contributed by atoms with Crippen molar-refractivity contribution in [1.29, 1.82) is 0 Å². The highest BCUT2D eigenvalue weighted by atomic mass is 16.6. The summed E-state index contributed by atoms with van der Waals surface area (Å²) in [5.41, 5.74) is 0.713. The zero-order valence-corrected chi connectivity index (χ0v) is 13.3. The average molecular weight is 336 g/mol. The molecule has 1 fully saturated rings. The standard InChI is InChI=1S/C18H16N4O3/c23-17(19-13-7-3-1-4-8-13)16-18(24)22(14-9-5-2-6-10-14)20-21(16)11-15-12-25-15/h1-10,15H,11-12H2,(H-,19,20,23,24). The van der Waals surface area contributed by atoms with E-state index in [2.05, 4.69) is 10.2 Å². The quantitative estimate of drug-likeness (QED) is 0.314. The summed E-state index contributed by atoms with van der Waals surface area (Å²) < 4.78 is 8.09. The molecular formula is C18H16N4O3. The molecule has 1 aliphatic rings. The molecule has 1 N–H and O–H groups in total. The molecule has 0 radical (unpaired) electrons. The van der Waals surface area contributed by atoms with Crippen molar-refractivity contribution >= 4 is 11.6 Å². The molecule has 25 heavy (non-hydrogen) atoms. The van der Waals surface area contributed by atoms with Gasteiger partial charge in [0.2, 0.25) is 5.69 Å². The lowest BCUT2D eigenvalue weighted by Crippen LogP contribution is -2.48. The second-order valence-corrected chi connectivity index (χ2v) is 5.74. The van der Waals surface area contributed by atoms with Crippen LogP contribution in [-0.4, -0.2) is 28.5 Å². The van der Waals surface area contributed by atoms with E-state index < -0.39 is 11.5 Å². The topological polar surface area (TPSA) is 89.6 Å². The highest BCUT2D eigenvalue weighted by Gasteiger charge is 2.31. The second kappa shape index (κ2) is 6.37. The fraction of sp³-hybridized carbons (Fsp3) is 0.167. The number of para-hydroxylation sites is 2. The van der Waals surface area contributed by atoms with Gasteiger partial charge in [-0.1, -0.05) is 46.3 Å². The van der Waals surface area contributed by atoms with E-state index in [0.29, 0.717) is 24.5 Å². The highest BCUT2D eigenvalue weighted by molar-refractivity contribution is 5.88. The molecule has 7 heteroatoms. The molecule has 0 amide bonds. The van der Waals surface area contributed by atoms with Crippen molar-refractivity contribution in [3.05, 3.63) is 76.7 Å². The third-order valence-corrected chi connectivity index (χ3v) is 3.89. The number of nitrogens with one attached hydrogen (secondary N) is 1. The first-order chi connectivity index (χ1) is 12.2. The van der Waals surface area contributed by atoms with E-state index in [1.807, 2.05) is 24.3 Å². The molecule has 0 aliphatic carbocycles. The molecule has 1 aliphatic heterocycles. The number of aromatic amines is 1. The molecule has 2 aromatic carbocycles. The number of benzene rings is 2. The maximum atomic E-state index is 12.8. The Kier molecular flexibility index (Phi) is 3.91. The third-order valence-electron chi connectivity index (χ3n) is 3.89. The van der Waals surface area contributed by atoms with Gasteiger partial charge in [-0.2, -0.15) is 4.68 Å². The van der Waals surface area contributed by atoms with Crippen molar-refractivity contribution in [2.45, 2.75) is 12.6 Å². The van der Waals surface area contributed by atoms with Crippen LogP contribution in [0.5, 0.6) is 0 Å². The van der Waals surface area contributed by atoms with E-state index in [-0.39, 0.29) is 11.8 Å². The fourth-order valence-corrected chi connectivity index (χ4v) is 2.58. The number of H-pyrrole nitrogens is 1. The summed E-state index contributed by atoms with van der Waals surface area (Å²) in [5, 5.41) is 15.6. The van der Waals surface area contributed by atoms with Crippen LogP contribution in [0.2, 0.25) is 0 Å². The Labute approximate surface area is 143 Å². The molecule has 1 atom stereocenters. The van der Waals surface area contributed by atoms with Crippen molar-refractivity contribution in [2.75, 3.05) is 6.61 Å². The molecule has 3 aromatic rings. The molecule has 0 spiro atoms. The minimum Gasteiger partial charge on any atom is -0.855 e. The number of hydrogen-bond acceptors (Lipinski definition) is 4. The van der Waals surface area contributed by atoms with Gasteiger partial charge >= 0.3 is 5.56 Å². The number of rotatable bonds is 5. The zero-order chi connectivity index (χ0) is 17.2. The van der Waals surface area contributed by atoms with Crippen molar-refractivity contribution < 1.29 is 14.5 Å². The van der Waals surface area contributed by atoms with Crippen LogP contribution in [0.25, 0.3) is 5.69 Å². The summed E-state index contributed by atoms with van der Waals surface area (Å²) in [6.45, 7) is 1.02. The summed E-state index contributed by atoms with van der Waals surface area (Å²) in [5.74, 6) is -0.581. The first kappa shape index (κ1) is 15.3. The first-order valence-electron chi connectivity index (χ1n) is 7.95. The first-order valence-corrected chi connectivity index (χ1v) is 7.95. The van der Waals surface area contributed by atoms with Crippen LogP contribution in [0.1, 0.15) is 5.69 Å². The van der Waals surface area contributed by atoms with Crippen LogP contribution >= 0.6 is 0 Å². The highest BCUT2D eigenvalue weighted by Crippen LogP contribution is 2.11. The molecular weight excluding hydrogens is 320 g/mol. The second-order valence-electron chi connectivity index (χ2n) is 5.74. The van der Waals surface area contributed by atoms with Crippen molar-refractivity contribution in [3.63, 3.8) is 0 Å². The van der Waals surface area contributed by atoms with Gasteiger partial charge in [-0.3, -0.25) is 4.99 Å². The predicted octanol–water partition coefficient (Wildman–Crippen LogP) is 0.291. The smallest absolute Gasteiger partial charge is 0.406 e. The molecule has 0 saturated carbocycles. The lowest BCUT2D eigenvalue weighted by molar-refractivity contribution is -0.758. The summed E-state index contributed by atoms with van der Waals surface area (Å²) in [6, 6.07) is 17.9. The lowest BCUT2D eigenvalue weighted by atomic mass is 10.3. The van der Waals surface area contributed by atoms with Gasteiger partial charge in [0.05, 0.1) is 12.3 Å². The lowest BCUT2D eigenvalue weighted by Gasteiger charge is -2.06. The van der Waals surface area contributed by atoms with Gasteiger partial charge in [-0.25, -0.2) is 4.79 Å². The third kappa shape index (κ3) is 3.22. The monoisotopic (exact) mass is 336 g/mol. The van der Waals surface area contributed by atoms with Gasteiger partial charge in [0.15, 0.2) is 5.69 Å². The van der Waals surface area contributed by atoms with Crippen LogP contribution in [0, 0.1) is 0 Å². The number of hydrogen-bond donors (Lipinski definition) is 1. The molecule has 0 bridgehead atoms. The molecule has 4 rings (SSSR count). The van der Waals surface area contributed by atoms with Crippen molar-refractivity contribution in [3.8, 4) is 5.69 Å². The van der Waals surface area contributed by atoms with E-state index in [1.165, 1.54) is 9.36 Å². The van der Waals surface area contributed by atoms with Gasteiger partial charge in [0, 0.05) is 5.90 Å². The minimum atomic E-state index is -0.581. The van der Waals surface area contributed by atoms with Crippen LogP contribution < -0.4 is 15.3 Å². The van der Waals surface area contributed by atoms with Gasteiger partial charge in [0.1, 0.15) is 12.6 Å². The summed E-state index contributed by atoms with van der Waals surface area (Å²) >= 11 is 0. The summed E-state index contributed by atoms with van der Waals surface area (Å²) in [6.07, 6.45) is 0.00977. The Balaban J connectivity index is 1.81. The number of aromatic nitrogens is 3.